The second-order valence-corrected chi connectivity index (χ2v) is 8.00. The number of hydrogen-bond donors (Lipinski definition) is 2. The van der Waals surface area contributed by atoms with Crippen molar-refractivity contribution in [2.45, 2.75) is 18.9 Å². The summed E-state index contributed by atoms with van der Waals surface area (Å²) in [5, 5.41) is 18.2. The van der Waals surface area contributed by atoms with Gasteiger partial charge in [-0.25, -0.2) is 4.79 Å². The number of nitrogens with zero attached hydrogens (tertiary/aromatic N) is 1. The van der Waals surface area contributed by atoms with E-state index in [1.165, 1.54) is 0 Å². The summed E-state index contributed by atoms with van der Waals surface area (Å²) in [6.07, 6.45) is 1.08. The number of carbonyl (C=O) groups excluding carboxylic acids is 1. The van der Waals surface area contributed by atoms with E-state index in [-0.39, 0.29) is 17.2 Å². The average Bonchev–Trinajstić information content (AvgIpc) is 2.97. The fraction of sp³-hybridized carbons (Fsp3) is 0.143. The first-order chi connectivity index (χ1) is 13.9. The van der Waals surface area contributed by atoms with E-state index in [4.69, 9.17) is 17.3 Å². The summed E-state index contributed by atoms with van der Waals surface area (Å²) in [4.78, 5) is 36.4. The number of carbonyl (C=O) groups is 3. The zero-order valence-corrected chi connectivity index (χ0v) is 16.8. The summed E-state index contributed by atoms with van der Waals surface area (Å²) in [6, 6.07) is 16.2. The van der Waals surface area contributed by atoms with E-state index in [2.05, 4.69) is 0 Å². The van der Waals surface area contributed by atoms with Crippen LogP contribution in [0, 0.1) is 0 Å². The Kier molecular flexibility index (Phi) is 6.46. The molecule has 0 aliphatic carbocycles. The third kappa shape index (κ3) is 4.90. The van der Waals surface area contributed by atoms with Gasteiger partial charge in [0.2, 0.25) is 0 Å². The fourth-order valence-corrected chi connectivity index (χ4v) is 4.28. The normalized spacial score (nSPS) is 16.3. The molecule has 29 heavy (non-hydrogen) atoms. The molecule has 0 spiro atoms. The van der Waals surface area contributed by atoms with Crippen LogP contribution in [-0.4, -0.2) is 43.3 Å². The maximum Gasteiger partial charge on any atom is 0.326 e. The summed E-state index contributed by atoms with van der Waals surface area (Å²) in [7, 11) is 0. The first kappa shape index (κ1) is 20.8. The number of thiocarbonyl (C=S) groups is 1. The average molecular weight is 428 g/mol. The number of thioether (sulfide) groups is 1. The molecule has 1 heterocycles. The molecule has 1 saturated heterocycles. The number of hydrogen-bond acceptors (Lipinski definition) is 5. The maximum absolute atomic E-state index is 12.7. The molecule has 0 aromatic heterocycles. The van der Waals surface area contributed by atoms with Crippen LogP contribution in [0.4, 0.5) is 0 Å². The molecule has 0 bridgehead atoms. The quantitative estimate of drug-likeness (QED) is 0.512. The fourth-order valence-electron chi connectivity index (χ4n) is 2.93. The number of carboxylic acid groups (broad SMARTS) is 2. The Hall–Kier alpha value is -2.97. The Labute approximate surface area is 176 Å². The largest absolute Gasteiger partial charge is 0.481 e. The Morgan fingerprint density at radius 1 is 1.03 bits per heavy atom. The van der Waals surface area contributed by atoms with E-state index in [1.54, 1.807) is 6.08 Å². The van der Waals surface area contributed by atoms with E-state index < -0.39 is 23.9 Å². The highest BCUT2D eigenvalue weighted by atomic mass is 32.2. The van der Waals surface area contributed by atoms with E-state index in [9.17, 15) is 19.5 Å². The predicted octanol–water partition coefficient (Wildman–Crippen LogP) is 3.87. The SMILES string of the molecule is O=C(O)CCC(C(=O)O)N1C(=O)/C(=C/c2ccc(-c3ccccc3)cc2)SC1=S. The maximum atomic E-state index is 12.7. The first-order valence-electron chi connectivity index (χ1n) is 8.74. The number of aliphatic carboxylic acids is 2. The summed E-state index contributed by atoms with van der Waals surface area (Å²) in [5.74, 6) is -2.93. The zero-order valence-electron chi connectivity index (χ0n) is 15.1. The highest BCUT2D eigenvalue weighted by molar-refractivity contribution is 8.26. The number of benzene rings is 2. The molecular formula is C21H17NO5S2. The molecule has 1 amide bonds. The Morgan fingerprint density at radius 2 is 1.66 bits per heavy atom. The van der Waals surface area contributed by atoms with Gasteiger partial charge in [0.25, 0.3) is 5.91 Å². The van der Waals surface area contributed by atoms with Crippen LogP contribution in [0.2, 0.25) is 0 Å². The minimum absolute atomic E-state index is 0.111. The monoisotopic (exact) mass is 427 g/mol. The van der Waals surface area contributed by atoms with Gasteiger partial charge in [-0.1, -0.05) is 78.6 Å². The second kappa shape index (κ2) is 9.02. The van der Waals surface area contributed by atoms with Gasteiger partial charge < -0.3 is 10.2 Å². The van der Waals surface area contributed by atoms with Crippen molar-refractivity contribution in [2.24, 2.45) is 0 Å². The van der Waals surface area contributed by atoms with Gasteiger partial charge in [0, 0.05) is 6.42 Å². The van der Waals surface area contributed by atoms with Crippen molar-refractivity contribution in [3.8, 4) is 11.1 Å². The number of rotatable bonds is 7. The minimum Gasteiger partial charge on any atom is -0.481 e. The summed E-state index contributed by atoms with van der Waals surface area (Å²) in [5.41, 5.74) is 2.89. The van der Waals surface area contributed by atoms with Crippen molar-refractivity contribution in [1.29, 1.82) is 0 Å². The van der Waals surface area contributed by atoms with Crippen molar-refractivity contribution >= 4 is 52.2 Å². The van der Waals surface area contributed by atoms with Crippen LogP contribution in [0.15, 0.2) is 59.5 Å². The predicted molar refractivity (Wildman–Crippen MR) is 115 cm³/mol. The van der Waals surface area contributed by atoms with Crippen molar-refractivity contribution in [1.82, 2.24) is 4.90 Å². The molecular weight excluding hydrogens is 410 g/mol. The summed E-state index contributed by atoms with van der Waals surface area (Å²) < 4.78 is 0.111. The Balaban J connectivity index is 1.80. The van der Waals surface area contributed by atoms with Crippen LogP contribution >= 0.6 is 24.0 Å². The lowest BCUT2D eigenvalue weighted by molar-refractivity contribution is -0.146. The van der Waals surface area contributed by atoms with E-state index in [0.717, 1.165) is 33.4 Å². The van der Waals surface area contributed by atoms with Crippen LogP contribution < -0.4 is 0 Å². The third-order valence-electron chi connectivity index (χ3n) is 4.37. The number of amides is 1. The van der Waals surface area contributed by atoms with Crippen LogP contribution in [0.5, 0.6) is 0 Å². The van der Waals surface area contributed by atoms with Crippen LogP contribution in [0.3, 0.4) is 0 Å². The van der Waals surface area contributed by atoms with Crippen molar-refractivity contribution in [2.75, 3.05) is 0 Å². The molecule has 1 unspecified atom stereocenters. The molecule has 1 aliphatic rings. The van der Waals surface area contributed by atoms with Crippen LogP contribution in [-0.2, 0) is 14.4 Å². The topological polar surface area (TPSA) is 94.9 Å². The first-order valence-corrected chi connectivity index (χ1v) is 9.96. The zero-order chi connectivity index (χ0) is 21.0. The molecule has 3 rings (SSSR count). The highest BCUT2D eigenvalue weighted by Gasteiger charge is 2.40. The van der Waals surface area contributed by atoms with Gasteiger partial charge in [-0.2, -0.15) is 0 Å². The van der Waals surface area contributed by atoms with Crippen LogP contribution in [0.1, 0.15) is 18.4 Å². The lowest BCUT2D eigenvalue weighted by Crippen LogP contribution is -2.44. The molecule has 2 aromatic rings. The third-order valence-corrected chi connectivity index (χ3v) is 5.70. The van der Waals surface area contributed by atoms with Gasteiger partial charge in [0.15, 0.2) is 0 Å². The molecule has 8 heteroatoms. The lowest BCUT2D eigenvalue weighted by Gasteiger charge is -2.22. The molecule has 0 radical (unpaired) electrons. The second-order valence-electron chi connectivity index (χ2n) is 6.33. The standard InChI is InChI=1S/C21H17NO5S2/c23-18(24)11-10-16(20(26)27)22-19(25)17(29-21(22)28)12-13-6-8-15(9-7-13)14-4-2-1-3-5-14/h1-9,12,16H,10-11H2,(H,23,24)(H,26,27)/b17-12-. The molecule has 1 fully saturated rings. The van der Waals surface area contributed by atoms with Crippen LogP contribution in [0.25, 0.3) is 17.2 Å². The van der Waals surface area contributed by atoms with E-state index in [1.807, 2.05) is 54.6 Å². The van der Waals surface area contributed by atoms with Gasteiger partial charge in [0.05, 0.1) is 4.91 Å². The molecule has 2 N–H and O–H groups in total. The highest BCUT2D eigenvalue weighted by Crippen LogP contribution is 2.35. The molecule has 6 nitrogen and oxygen atoms in total. The number of carboxylic acids is 2. The van der Waals surface area contributed by atoms with Gasteiger partial charge in [0.1, 0.15) is 10.4 Å². The molecule has 2 aromatic carbocycles. The smallest absolute Gasteiger partial charge is 0.326 e. The molecule has 1 atom stereocenters. The van der Waals surface area contributed by atoms with E-state index >= 15 is 0 Å². The molecule has 1 aliphatic heterocycles. The summed E-state index contributed by atoms with van der Waals surface area (Å²) in [6.45, 7) is 0. The van der Waals surface area contributed by atoms with Gasteiger partial charge in [-0.05, 0) is 29.2 Å². The Morgan fingerprint density at radius 3 is 2.24 bits per heavy atom. The van der Waals surface area contributed by atoms with Gasteiger partial charge >= 0.3 is 11.9 Å². The van der Waals surface area contributed by atoms with E-state index in [0.29, 0.717) is 4.91 Å². The van der Waals surface area contributed by atoms with Crippen molar-refractivity contribution in [3.63, 3.8) is 0 Å². The molecule has 0 saturated carbocycles. The summed E-state index contributed by atoms with van der Waals surface area (Å²) >= 11 is 6.20. The molecule has 148 valence electrons. The van der Waals surface area contributed by atoms with Gasteiger partial charge in [-0.3, -0.25) is 14.5 Å². The minimum atomic E-state index is -1.30. The van der Waals surface area contributed by atoms with Crippen molar-refractivity contribution in [3.05, 3.63) is 65.1 Å². The Bertz CT molecular complexity index is 986. The van der Waals surface area contributed by atoms with Gasteiger partial charge in [-0.15, -0.1) is 0 Å². The van der Waals surface area contributed by atoms with Crippen molar-refractivity contribution < 1.29 is 24.6 Å². The lowest BCUT2D eigenvalue weighted by atomic mass is 10.0.